The lowest BCUT2D eigenvalue weighted by atomic mass is 10.2. The van der Waals surface area contributed by atoms with E-state index in [2.05, 4.69) is 41.8 Å². The number of nitrogens with zero attached hydrogens (tertiary/aromatic N) is 2. The number of carbonyl (C=O) groups is 1. The van der Waals surface area contributed by atoms with E-state index in [1.54, 1.807) is 6.20 Å². The van der Waals surface area contributed by atoms with Crippen LogP contribution in [-0.2, 0) is 4.79 Å². The van der Waals surface area contributed by atoms with Gasteiger partial charge in [-0.3, -0.25) is 4.79 Å². The first-order valence-corrected chi connectivity index (χ1v) is 6.28. The van der Waals surface area contributed by atoms with Crippen LogP contribution in [0.2, 0.25) is 0 Å². The summed E-state index contributed by atoms with van der Waals surface area (Å²) in [7, 11) is 0. The van der Waals surface area contributed by atoms with Gasteiger partial charge in [-0.1, -0.05) is 0 Å². The summed E-state index contributed by atoms with van der Waals surface area (Å²) in [5.41, 5.74) is 0. The standard InChI is InChI=1S/C10H14BrN5O/c1-2-12-10-14-5-7(11)9(16-10)15-6-3-8(17)13-4-6/h5-6H,2-4H2,1H3,(H,13,17)(H2,12,14,15,16). The minimum Gasteiger partial charge on any atom is -0.364 e. The zero-order valence-electron chi connectivity index (χ0n) is 9.46. The molecule has 17 heavy (non-hydrogen) atoms. The zero-order chi connectivity index (χ0) is 12.3. The minimum atomic E-state index is 0.0691. The van der Waals surface area contributed by atoms with Crippen LogP contribution in [0.1, 0.15) is 13.3 Å². The molecule has 6 nitrogen and oxygen atoms in total. The lowest BCUT2D eigenvalue weighted by Gasteiger charge is -2.13. The van der Waals surface area contributed by atoms with E-state index >= 15 is 0 Å². The van der Waals surface area contributed by atoms with Gasteiger partial charge in [0.05, 0.1) is 10.5 Å². The van der Waals surface area contributed by atoms with Crippen molar-refractivity contribution in [3.05, 3.63) is 10.7 Å². The van der Waals surface area contributed by atoms with Crippen LogP contribution < -0.4 is 16.0 Å². The summed E-state index contributed by atoms with van der Waals surface area (Å²) in [6, 6.07) is 0.0863. The van der Waals surface area contributed by atoms with Crippen LogP contribution in [-0.4, -0.2) is 35.0 Å². The van der Waals surface area contributed by atoms with Crippen molar-refractivity contribution in [2.45, 2.75) is 19.4 Å². The number of nitrogens with one attached hydrogen (secondary N) is 3. The van der Waals surface area contributed by atoms with Gasteiger partial charge in [0.2, 0.25) is 11.9 Å². The molecule has 2 rings (SSSR count). The molecule has 1 aliphatic heterocycles. The third kappa shape index (κ3) is 3.06. The number of carbonyl (C=O) groups excluding carboxylic acids is 1. The zero-order valence-corrected chi connectivity index (χ0v) is 11.0. The van der Waals surface area contributed by atoms with Crippen molar-refractivity contribution in [3.63, 3.8) is 0 Å². The molecular weight excluding hydrogens is 286 g/mol. The summed E-state index contributed by atoms with van der Waals surface area (Å²) >= 11 is 3.38. The normalized spacial score (nSPS) is 18.9. The van der Waals surface area contributed by atoms with E-state index in [0.29, 0.717) is 24.7 Å². The maximum atomic E-state index is 11.1. The van der Waals surface area contributed by atoms with Crippen molar-refractivity contribution >= 4 is 33.6 Å². The summed E-state index contributed by atoms with van der Waals surface area (Å²) in [4.78, 5) is 19.5. The Morgan fingerprint density at radius 1 is 1.65 bits per heavy atom. The summed E-state index contributed by atoms with van der Waals surface area (Å²) in [5.74, 6) is 1.35. The van der Waals surface area contributed by atoms with E-state index in [9.17, 15) is 4.79 Å². The monoisotopic (exact) mass is 299 g/mol. The van der Waals surface area contributed by atoms with Gasteiger partial charge in [-0.05, 0) is 22.9 Å². The Hall–Kier alpha value is -1.37. The number of amides is 1. The van der Waals surface area contributed by atoms with Crippen LogP contribution in [0.25, 0.3) is 0 Å². The largest absolute Gasteiger partial charge is 0.364 e. The predicted molar refractivity (Wildman–Crippen MR) is 68.9 cm³/mol. The van der Waals surface area contributed by atoms with Crippen molar-refractivity contribution in [2.24, 2.45) is 0 Å². The van der Waals surface area contributed by atoms with Gasteiger partial charge in [0.1, 0.15) is 5.82 Å². The van der Waals surface area contributed by atoms with Crippen LogP contribution in [0.4, 0.5) is 11.8 Å². The minimum absolute atomic E-state index is 0.0691. The Bertz CT molecular complexity index is 425. The van der Waals surface area contributed by atoms with Crippen LogP contribution in [0.5, 0.6) is 0 Å². The Kier molecular flexibility index (Phi) is 3.78. The molecule has 0 aromatic carbocycles. The molecule has 0 saturated carbocycles. The molecule has 1 fully saturated rings. The van der Waals surface area contributed by atoms with E-state index in [4.69, 9.17) is 0 Å². The van der Waals surface area contributed by atoms with Gasteiger partial charge in [-0.15, -0.1) is 0 Å². The fraction of sp³-hybridized carbons (Fsp3) is 0.500. The van der Waals surface area contributed by atoms with Crippen molar-refractivity contribution in [3.8, 4) is 0 Å². The Morgan fingerprint density at radius 2 is 2.47 bits per heavy atom. The molecule has 1 amide bonds. The molecule has 1 saturated heterocycles. The molecule has 92 valence electrons. The second kappa shape index (κ2) is 5.31. The first-order valence-electron chi connectivity index (χ1n) is 5.48. The SMILES string of the molecule is CCNc1ncc(Br)c(NC2CNC(=O)C2)n1. The molecule has 1 atom stereocenters. The second-order valence-corrected chi connectivity index (χ2v) is 4.62. The Labute approximate surface area is 108 Å². The van der Waals surface area contributed by atoms with Crippen LogP contribution >= 0.6 is 15.9 Å². The average Bonchev–Trinajstić information content (AvgIpc) is 2.69. The molecule has 1 aromatic rings. The number of aromatic nitrogens is 2. The molecule has 1 unspecified atom stereocenters. The molecule has 1 aliphatic rings. The highest BCUT2D eigenvalue weighted by Gasteiger charge is 2.22. The molecule has 0 aliphatic carbocycles. The topological polar surface area (TPSA) is 78.9 Å². The van der Waals surface area contributed by atoms with Gasteiger partial charge < -0.3 is 16.0 Å². The maximum Gasteiger partial charge on any atom is 0.224 e. The van der Waals surface area contributed by atoms with Gasteiger partial charge in [-0.25, -0.2) is 4.98 Å². The van der Waals surface area contributed by atoms with E-state index in [0.717, 1.165) is 11.0 Å². The van der Waals surface area contributed by atoms with E-state index in [-0.39, 0.29) is 11.9 Å². The molecule has 7 heteroatoms. The third-order valence-corrected chi connectivity index (χ3v) is 2.98. The number of hydrogen-bond donors (Lipinski definition) is 3. The van der Waals surface area contributed by atoms with Gasteiger partial charge in [0, 0.05) is 25.7 Å². The first-order chi connectivity index (χ1) is 8.19. The summed E-state index contributed by atoms with van der Waals surface area (Å²) in [6.45, 7) is 3.38. The lowest BCUT2D eigenvalue weighted by Crippen LogP contribution is -2.23. The summed E-state index contributed by atoms with van der Waals surface area (Å²) in [6.07, 6.45) is 2.17. The highest BCUT2D eigenvalue weighted by atomic mass is 79.9. The fourth-order valence-corrected chi connectivity index (χ4v) is 1.92. The lowest BCUT2D eigenvalue weighted by molar-refractivity contribution is -0.119. The predicted octanol–water partition coefficient (Wildman–Crippen LogP) is 0.971. The van der Waals surface area contributed by atoms with Gasteiger partial charge >= 0.3 is 0 Å². The highest BCUT2D eigenvalue weighted by Crippen LogP contribution is 2.21. The van der Waals surface area contributed by atoms with Gasteiger partial charge in [-0.2, -0.15) is 4.98 Å². The highest BCUT2D eigenvalue weighted by molar-refractivity contribution is 9.10. The second-order valence-electron chi connectivity index (χ2n) is 3.77. The van der Waals surface area contributed by atoms with Crippen molar-refractivity contribution in [2.75, 3.05) is 23.7 Å². The number of rotatable bonds is 4. The smallest absolute Gasteiger partial charge is 0.224 e. The van der Waals surface area contributed by atoms with Crippen molar-refractivity contribution < 1.29 is 4.79 Å². The molecule has 0 bridgehead atoms. The molecule has 0 spiro atoms. The van der Waals surface area contributed by atoms with E-state index in [1.807, 2.05) is 6.92 Å². The fourth-order valence-electron chi connectivity index (χ4n) is 1.61. The average molecular weight is 300 g/mol. The number of hydrogen-bond acceptors (Lipinski definition) is 5. The molecule has 2 heterocycles. The van der Waals surface area contributed by atoms with Gasteiger partial charge in [0.25, 0.3) is 0 Å². The summed E-state index contributed by atoms with van der Waals surface area (Å²) < 4.78 is 0.790. The van der Waals surface area contributed by atoms with E-state index in [1.165, 1.54) is 0 Å². The van der Waals surface area contributed by atoms with E-state index < -0.39 is 0 Å². The quantitative estimate of drug-likeness (QED) is 0.772. The molecule has 3 N–H and O–H groups in total. The van der Waals surface area contributed by atoms with Crippen LogP contribution in [0.15, 0.2) is 10.7 Å². The maximum absolute atomic E-state index is 11.1. The number of halogens is 1. The van der Waals surface area contributed by atoms with Gasteiger partial charge in [0.15, 0.2) is 0 Å². The molecular formula is C10H14BrN5O. The van der Waals surface area contributed by atoms with Crippen LogP contribution in [0, 0.1) is 0 Å². The molecule has 1 aromatic heterocycles. The molecule has 0 radical (unpaired) electrons. The number of anilines is 2. The first kappa shape index (κ1) is 12.1. The van der Waals surface area contributed by atoms with Crippen molar-refractivity contribution in [1.29, 1.82) is 0 Å². The Balaban J connectivity index is 2.08. The van der Waals surface area contributed by atoms with Crippen molar-refractivity contribution in [1.82, 2.24) is 15.3 Å². The third-order valence-electron chi connectivity index (χ3n) is 2.40. The summed E-state index contributed by atoms with van der Waals surface area (Å²) in [5, 5.41) is 9.03. The Morgan fingerprint density at radius 3 is 3.12 bits per heavy atom. The van der Waals surface area contributed by atoms with Crippen LogP contribution in [0.3, 0.4) is 0 Å².